The zero-order chi connectivity index (χ0) is 19.3. The fourth-order valence-corrected chi connectivity index (χ4v) is 4.37. The van der Waals surface area contributed by atoms with Crippen LogP contribution in [0.5, 0.6) is 11.5 Å². The van der Waals surface area contributed by atoms with Gasteiger partial charge in [-0.05, 0) is 48.1 Å². The summed E-state index contributed by atoms with van der Waals surface area (Å²) in [5, 5.41) is 9.49. The van der Waals surface area contributed by atoms with Crippen molar-refractivity contribution in [2.24, 2.45) is 5.92 Å². The van der Waals surface area contributed by atoms with Gasteiger partial charge in [0.1, 0.15) is 13.2 Å². The van der Waals surface area contributed by atoms with E-state index in [-0.39, 0.29) is 17.7 Å². The van der Waals surface area contributed by atoms with Crippen molar-refractivity contribution in [3.63, 3.8) is 0 Å². The van der Waals surface area contributed by atoms with Gasteiger partial charge in [-0.3, -0.25) is 9.59 Å². The van der Waals surface area contributed by atoms with Crippen molar-refractivity contribution >= 4 is 17.6 Å². The molecule has 0 spiro atoms. The molecule has 3 aliphatic rings. The Balaban J connectivity index is 1.37. The van der Waals surface area contributed by atoms with Crippen molar-refractivity contribution < 1.29 is 24.2 Å². The number of para-hydroxylation sites is 1. The highest BCUT2D eigenvalue weighted by Crippen LogP contribution is 2.51. The Kier molecular flexibility index (Phi) is 4.00. The van der Waals surface area contributed by atoms with Gasteiger partial charge in [-0.2, -0.15) is 0 Å². The Morgan fingerprint density at radius 3 is 2.64 bits per heavy atom. The number of ether oxygens (including phenoxy) is 2. The van der Waals surface area contributed by atoms with Gasteiger partial charge < -0.3 is 19.5 Å². The third kappa shape index (κ3) is 2.80. The fourth-order valence-electron chi connectivity index (χ4n) is 4.37. The lowest BCUT2D eigenvalue weighted by molar-refractivity contribution is -0.139. The van der Waals surface area contributed by atoms with E-state index in [1.807, 2.05) is 42.5 Å². The number of hydrogen-bond acceptors (Lipinski definition) is 4. The highest BCUT2D eigenvalue weighted by Gasteiger charge is 2.47. The zero-order valence-corrected chi connectivity index (χ0v) is 15.3. The maximum atomic E-state index is 13.2. The Bertz CT molecular complexity index is 956. The number of carbonyl (C=O) groups excluding carboxylic acids is 1. The first-order valence-corrected chi connectivity index (χ1v) is 9.66. The van der Waals surface area contributed by atoms with E-state index in [1.54, 1.807) is 4.90 Å². The maximum Gasteiger partial charge on any atom is 0.311 e. The molecule has 0 radical (unpaired) electrons. The first-order chi connectivity index (χ1) is 13.6. The van der Waals surface area contributed by atoms with Crippen LogP contribution in [0.2, 0.25) is 0 Å². The van der Waals surface area contributed by atoms with Crippen LogP contribution in [0.25, 0.3) is 0 Å². The number of carbonyl (C=O) groups is 2. The predicted molar refractivity (Wildman–Crippen MR) is 102 cm³/mol. The quantitative estimate of drug-likeness (QED) is 0.887. The van der Waals surface area contributed by atoms with E-state index in [2.05, 4.69) is 0 Å². The summed E-state index contributed by atoms with van der Waals surface area (Å²) in [6.07, 6.45) is 1.25. The first-order valence-electron chi connectivity index (χ1n) is 9.66. The van der Waals surface area contributed by atoms with Crippen LogP contribution in [0, 0.1) is 5.92 Å². The van der Waals surface area contributed by atoms with Crippen LogP contribution in [-0.4, -0.2) is 36.7 Å². The summed E-state index contributed by atoms with van der Waals surface area (Å²) in [6, 6.07) is 13.3. The van der Waals surface area contributed by atoms with Crippen LogP contribution < -0.4 is 14.4 Å². The number of rotatable bonds is 3. The Hall–Kier alpha value is -3.02. The third-order valence-corrected chi connectivity index (χ3v) is 5.91. The number of carboxylic acids is 1. The SMILES string of the molecule is O=C(O)C1CCN(C(=O)C2CC2c2ccc3c(c2)OCCO3)c2ccccc21. The predicted octanol–water partition coefficient (Wildman–Crippen LogP) is 3.17. The molecule has 0 bridgehead atoms. The van der Waals surface area contributed by atoms with Crippen LogP contribution in [0.3, 0.4) is 0 Å². The van der Waals surface area contributed by atoms with Gasteiger partial charge in [0.15, 0.2) is 11.5 Å². The average Bonchev–Trinajstić information content (AvgIpc) is 3.53. The van der Waals surface area contributed by atoms with E-state index in [4.69, 9.17) is 9.47 Å². The molecule has 1 aliphatic carbocycles. The van der Waals surface area contributed by atoms with Crippen LogP contribution in [0.1, 0.15) is 35.8 Å². The van der Waals surface area contributed by atoms with Gasteiger partial charge in [-0.1, -0.05) is 24.3 Å². The molecule has 2 aliphatic heterocycles. The molecule has 1 saturated carbocycles. The van der Waals surface area contributed by atoms with Crippen molar-refractivity contribution in [3.8, 4) is 11.5 Å². The Morgan fingerprint density at radius 2 is 1.82 bits per heavy atom. The second kappa shape index (κ2) is 6.55. The van der Waals surface area contributed by atoms with Crippen LogP contribution in [-0.2, 0) is 9.59 Å². The smallest absolute Gasteiger partial charge is 0.311 e. The van der Waals surface area contributed by atoms with Gasteiger partial charge in [-0.15, -0.1) is 0 Å². The molecule has 2 heterocycles. The van der Waals surface area contributed by atoms with E-state index in [1.165, 1.54) is 0 Å². The normalized spacial score (nSPS) is 25.0. The zero-order valence-electron chi connectivity index (χ0n) is 15.3. The molecule has 5 rings (SSSR count). The minimum absolute atomic E-state index is 0.0722. The number of nitrogens with zero attached hydrogens (tertiary/aromatic N) is 1. The summed E-state index contributed by atoms with van der Waals surface area (Å²) in [7, 11) is 0. The van der Waals surface area contributed by atoms with Gasteiger partial charge in [0, 0.05) is 18.2 Å². The summed E-state index contributed by atoms with van der Waals surface area (Å²) >= 11 is 0. The second-order valence-electron chi connectivity index (χ2n) is 7.58. The molecule has 1 N–H and O–H groups in total. The maximum absolute atomic E-state index is 13.2. The summed E-state index contributed by atoms with van der Waals surface area (Å²) in [4.78, 5) is 26.5. The Morgan fingerprint density at radius 1 is 1.04 bits per heavy atom. The van der Waals surface area contributed by atoms with Crippen molar-refractivity contribution in [3.05, 3.63) is 53.6 Å². The molecule has 1 fully saturated rings. The van der Waals surface area contributed by atoms with Crippen LogP contribution >= 0.6 is 0 Å². The van der Waals surface area contributed by atoms with E-state index >= 15 is 0 Å². The third-order valence-electron chi connectivity index (χ3n) is 5.91. The molecule has 3 unspecified atom stereocenters. The lowest BCUT2D eigenvalue weighted by Gasteiger charge is -2.33. The summed E-state index contributed by atoms with van der Waals surface area (Å²) in [5.41, 5.74) is 2.56. The van der Waals surface area contributed by atoms with Crippen molar-refractivity contribution in [1.29, 1.82) is 0 Å². The van der Waals surface area contributed by atoms with Crippen molar-refractivity contribution in [2.75, 3.05) is 24.7 Å². The topological polar surface area (TPSA) is 76.1 Å². The fraction of sp³-hybridized carbons (Fsp3) is 0.364. The standard InChI is InChI=1S/C22H21NO5/c24-21(23-8-7-15(22(25)26)14-3-1-2-4-18(14)23)17-12-16(17)13-5-6-19-20(11-13)28-10-9-27-19/h1-6,11,15-17H,7-10,12H2,(H,25,26). The Labute approximate surface area is 162 Å². The van der Waals surface area contributed by atoms with Gasteiger partial charge >= 0.3 is 5.97 Å². The van der Waals surface area contributed by atoms with Gasteiger partial charge in [0.2, 0.25) is 5.91 Å². The minimum atomic E-state index is -0.833. The van der Waals surface area contributed by atoms with Crippen LogP contribution in [0.4, 0.5) is 5.69 Å². The van der Waals surface area contributed by atoms with Gasteiger partial charge in [0.25, 0.3) is 0 Å². The molecule has 144 valence electrons. The summed E-state index contributed by atoms with van der Waals surface area (Å²) < 4.78 is 11.2. The van der Waals surface area contributed by atoms with E-state index < -0.39 is 11.9 Å². The van der Waals surface area contributed by atoms with E-state index in [0.717, 1.165) is 34.7 Å². The molecule has 28 heavy (non-hydrogen) atoms. The molecule has 2 aromatic rings. The molecule has 2 aromatic carbocycles. The summed E-state index contributed by atoms with van der Waals surface area (Å²) in [6.45, 7) is 1.54. The number of benzene rings is 2. The number of carboxylic acid groups (broad SMARTS) is 1. The van der Waals surface area contributed by atoms with Gasteiger partial charge in [0.05, 0.1) is 5.92 Å². The highest BCUT2D eigenvalue weighted by molar-refractivity contribution is 5.99. The lowest BCUT2D eigenvalue weighted by Crippen LogP contribution is -2.39. The average molecular weight is 379 g/mol. The monoisotopic (exact) mass is 379 g/mol. The van der Waals surface area contributed by atoms with E-state index in [0.29, 0.717) is 26.2 Å². The van der Waals surface area contributed by atoms with Gasteiger partial charge in [-0.25, -0.2) is 0 Å². The molecular weight excluding hydrogens is 358 g/mol. The molecule has 0 aromatic heterocycles. The molecular formula is C22H21NO5. The van der Waals surface area contributed by atoms with Crippen LogP contribution in [0.15, 0.2) is 42.5 Å². The van der Waals surface area contributed by atoms with Crippen molar-refractivity contribution in [2.45, 2.75) is 24.7 Å². The minimum Gasteiger partial charge on any atom is -0.486 e. The second-order valence-corrected chi connectivity index (χ2v) is 7.58. The molecule has 0 saturated heterocycles. The molecule has 3 atom stereocenters. The number of amides is 1. The number of aliphatic carboxylic acids is 1. The largest absolute Gasteiger partial charge is 0.486 e. The van der Waals surface area contributed by atoms with E-state index in [9.17, 15) is 14.7 Å². The number of hydrogen-bond donors (Lipinski definition) is 1. The lowest BCUT2D eigenvalue weighted by atomic mass is 9.89. The number of anilines is 1. The number of fused-ring (bicyclic) bond motifs is 2. The van der Waals surface area contributed by atoms with Crippen molar-refractivity contribution in [1.82, 2.24) is 0 Å². The molecule has 1 amide bonds. The summed E-state index contributed by atoms with van der Waals surface area (Å²) in [5.74, 6) is 0.298. The molecule has 6 nitrogen and oxygen atoms in total. The molecule has 6 heteroatoms. The highest BCUT2D eigenvalue weighted by atomic mass is 16.6. The first kappa shape index (κ1) is 17.1.